The molecule has 0 aliphatic carbocycles. The molecule has 0 atom stereocenters. The van der Waals surface area contributed by atoms with Crippen molar-refractivity contribution in [3.05, 3.63) is 64.2 Å². The van der Waals surface area contributed by atoms with Gasteiger partial charge in [0, 0.05) is 25.0 Å². The zero-order valence-electron chi connectivity index (χ0n) is 20.8. The van der Waals surface area contributed by atoms with E-state index in [1.807, 2.05) is 59.7 Å². The molecule has 0 saturated carbocycles. The van der Waals surface area contributed by atoms with Crippen LogP contribution < -0.4 is 0 Å². The van der Waals surface area contributed by atoms with Crippen molar-refractivity contribution in [2.45, 2.75) is 78.6 Å². The number of carboxylic acid groups (broad SMARTS) is 2. The van der Waals surface area contributed by atoms with Gasteiger partial charge >= 0.3 is 11.9 Å². The molecule has 0 aliphatic rings. The minimum Gasteiger partial charge on any atom is -0.507 e. The van der Waals surface area contributed by atoms with Crippen molar-refractivity contribution in [3.8, 4) is 5.75 Å². The predicted molar refractivity (Wildman–Crippen MR) is 125 cm³/mol. The summed E-state index contributed by atoms with van der Waals surface area (Å²) in [7, 11) is 0. The Morgan fingerprint density at radius 2 is 1.09 bits per heavy atom. The molecule has 0 unspecified atom stereocenters. The van der Waals surface area contributed by atoms with Crippen LogP contribution in [-0.2, 0) is 35.7 Å². The zero-order chi connectivity index (χ0) is 24.4. The second kappa shape index (κ2) is 10.6. The molecule has 2 aromatic rings. The first-order chi connectivity index (χ1) is 13.9. The smallest absolute Gasteiger partial charge is 0.339 e. The monoisotopic (exact) mass is 492 g/mol. The summed E-state index contributed by atoms with van der Waals surface area (Å²) in [6.45, 7) is 18.3. The maximum Gasteiger partial charge on any atom is 0.339 e. The van der Waals surface area contributed by atoms with Crippen LogP contribution in [0.2, 0.25) is 0 Å². The van der Waals surface area contributed by atoms with Crippen molar-refractivity contribution >= 4 is 11.9 Å². The minimum absolute atomic E-state index is 0. The van der Waals surface area contributed by atoms with Crippen LogP contribution in [-0.4, -0.2) is 27.3 Å². The Kier molecular flexibility index (Phi) is 9.88. The summed E-state index contributed by atoms with van der Waals surface area (Å²) < 4.78 is 0. The van der Waals surface area contributed by atoms with Gasteiger partial charge in [-0.2, -0.15) is 0 Å². The first kappa shape index (κ1) is 29.8. The summed E-state index contributed by atoms with van der Waals surface area (Å²) in [4.78, 5) is 21.8. The van der Waals surface area contributed by atoms with Crippen molar-refractivity contribution < 1.29 is 44.4 Å². The fourth-order valence-electron chi connectivity index (χ4n) is 2.92. The van der Waals surface area contributed by atoms with E-state index in [1.165, 1.54) is 0 Å². The molecule has 5 nitrogen and oxygen atoms in total. The fourth-order valence-corrected chi connectivity index (χ4v) is 2.92. The third-order valence-corrected chi connectivity index (χ3v) is 5.01. The number of phenols is 1. The van der Waals surface area contributed by atoms with Crippen molar-refractivity contribution in [2.24, 2.45) is 0 Å². The van der Waals surface area contributed by atoms with Crippen LogP contribution in [0.5, 0.6) is 5.75 Å². The van der Waals surface area contributed by atoms with Gasteiger partial charge in [0.15, 0.2) is 0 Å². The van der Waals surface area contributed by atoms with E-state index in [0.29, 0.717) is 11.1 Å². The van der Waals surface area contributed by atoms with Gasteiger partial charge in [0.05, 0.1) is 5.56 Å². The van der Waals surface area contributed by atoms with E-state index < -0.39 is 11.9 Å². The van der Waals surface area contributed by atoms with Crippen LogP contribution in [0.25, 0.3) is 0 Å². The number of rotatable bonds is 2. The van der Waals surface area contributed by atoms with Gasteiger partial charge in [0.2, 0.25) is 0 Å². The third kappa shape index (κ3) is 8.05. The predicted octanol–water partition coefficient (Wildman–Crippen LogP) is 6.37. The molecule has 0 spiro atoms. The first-order valence-electron chi connectivity index (χ1n) is 10.3. The molecule has 0 aliphatic heterocycles. The van der Waals surface area contributed by atoms with Gasteiger partial charge in [-0.15, -0.1) is 0 Å². The standard InChI is InChI=1S/C15H22O3.C11H14O2.Zn/c1-14(2,3)9-7-10(13(17)18)12(16)11(8-9)15(4,5)6;1-11(2,3)9-6-4-8(5-7-9)10(12)13;/h7-8,16H,1-6H3,(H,17,18);4-7H,1-3H3,(H,12,13);. The van der Waals surface area contributed by atoms with Crippen LogP contribution in [0.15, 0.2) is 36.4 Å². The van der Waals surface area contributed by atoms with Crippen molar-refractivity contribution in [3.63, 3.8) is 0 Å². The molecule has 0 heterocycles. The molecule has 0 radical (unpaired) electrons. The number of hydrogen-bond acceptors (Lipinski definition) is 3. The molecule has 0 saturated heterocycles. The number of carboxylic acids is 2. The van der Waals surface area contributed by atoms with E-state index in [-0.39, 0.29) is 47.0 Å². The second-order valence-corrected chi connectivity index (χ2v) is 10.9. The summed E-state index contributed by atoms with van der Waals surface area (Å²) in [6, 6.07) is 10.5. The van der Waals surface area contributed by atoms with E-state index in [1.54, 1.807) is 18.2 Å². The zero-order valence-corrected chi connectivity index (χ0v) is 23.8. The normalized spacial score (nSPS) is 11.7. The van der Waals surface area contributed by atoms with Crippen molar-refractivity contribution in [1.29, 1.82) is 0 Å². The number of carbonyl (C=O) groups is 2. The average Bonchev–Trinajstić information content (AvgIpc) is 2.59. The Hall–Kier alpha value is -2.20. The average molecular weight is 494 g/mol. The van der Waals surface area contributed by atoms with Gasteiger partial charge in [-0.05, 0) is 45.6 Å². The van der Waals surface area contributed by atoms with Gasteiger partial charge in [-0.1, -0.05) is 80.5 Å². The SMILES string of the molecule is CC(C)(C)c1cc(C(=O)O)c(O)c(C(C)(C)C)c1.CC(C)(C)c1ccc(C(=O)O)cc1.[Zn]. The van der Waals surface area contributed by atoms with Crippen LogP contribution >= 0.6 is 0 Å². The first-order valence-corrected chi connectivity index (χ1v) is 10.3. The van der Waals surface area contributed by atoms with E-state index in [0.717, 1.165) is 11.1 Å². The van der Waals surface area contributed by atoms with E-state index in [4.69, 9.17) is 5.11 Å². The summed E-state index contributed by atoms with van der Waals surface area (Å²) in [5, 5.41) is 28.0. The second-order valence-electron chi connectivity index (χ2n) is 10.9. The van der Waals surface area contributed by atoms with Crippen LogP contribution in [0, 0.1) is 0 Å². The topological polar surface area (TPSA) is 94.8 Å². The Balaban J connectivity index is 0.000000611. The van der Waals surface area contributed by atoms with Gasteiger partial charge in [0.25, 0.3) is 0 Å². The summed E-state index contributed by atoms with van der Waals surface area (Å²) >= 11 is 0. The van der Waals surface area contributed by atoms with Crippen LogP contribution in [0.3, 0.4) is 0 Å². The van der Waals surface area contributed by atoms with E-state index in [2.05, 4.69) is 20.8 Å². The molecule has 172 valence electrons. The molecule has 32 heavy (non-hydrogen) atoms. The molecule has 0 bridgehead atoms. The largest absolute Gasteiger partial charge is 0.507 e. The fraction of sp³-hybridized carbons (Fsp3) is 0.462. The molecular formula is C26H36O5Zn. The van der Waals surface area contributed by atoms with Crippen molar-refractivity contribution in [2.75, 3.05) is 0 Å². The Morgan fingerprint density at radius 3 is 1.41 bits per heavy atom. The molecule has 3 N–H and O–H groups in total. The van der Waals surface area contributed by atoms with Crippen LogP contribution in [0.1, 0.15) is 99.7 Å². The number of aromatic carboxylic acids is 2. The van der Waals surface area contributed by atoms with Gasteiger partial charge in [-0.3, -0.25) is 0 Å². The van der Waals surface area contributed by atoms with Gasteiger partial charge in [-0.25, -0.2) is 9.59 Å². The molecule has 0 aromatic heterocycles. The van der Waals surface area contributed by atoms with E-state index >= 15 is 0 Å². The molecule has 2 aromatic carbocycles. The Morgan fingerprint density at radius 1 is 0.656 bits per heavy atom. The summed E-state index contributed by atoms with van der Waals surface area (Å²) in [5.41, 5.74) is 2.69. The van der Waals surface area contributed by atoms with E-state index in [9.17, 15) is 19.8 Å². The number of aromatic hydroxyl groups is 1. The van der Waals surface area contributed by atoms with Crippen molar-refractivity contribution in [1.82, 2.24) is 0 Å². The summed E-state index contributed by atoms with van der Waals surface area (Å²) in [6.07, 6.45) is 0. The third-order valence-electron chi connectivity index (χ3n) is 5.01. The Labute approximate surface area is 204 Å². The molecule has 0 amide bonds. The maximum absolute atomic E-state index is 11.2. The van der Waals surface area contributed by atoms with Gasteiger partial charge in [0.1, 0.15) is 11.3 Å². The van der Waals surface area contributed by atoms with Gasteiger partial charge < -0.3 is 15.3 Å². The summed E-state index contributed by atoms with van der Waals surface area (Å²) in [5.74, 6) is -2.09. The van der Waals surface area contributed by atoms with Crippen LogP contribution in [0.4, 0.5) is 0 Å². The Bertz CT molecular complexity index is 940. The number of hydrogen-bond donors (Lipinski definition) is 3. The maximum atomic E-state index is 11.2. The molecular weight excluding hydrogens is 458 g/mol. The number of benzene rings is 2. The quantitative estimate of drug-likeness (QED) is 0.423. The molecule has 0 fully saturated rings. The molecule has 6 heteroatoms. The molecule has 2 rings (SSSR count). The minimum atomic E-state index is -1.09.